The van der Waals surface area contributed by atoms with E-state index in [-0.39, 0.29) is 5.54 Å². The molecule has 70 valence electrons. The SMILES string of the molecule is CCC(C)(CC)N=C1CCCC1. The van der Waals surface area contributed by atoms with Crippen molar-refractivity contribution in [1.29, 1.82) is 0 Å². The third kappa shape index (κ3) is 2.33. The molecule has 1 aliphatic carbocycles. The van der Waals surface area contributed by atoms with Crippen LogP contribution in [0.1, 0.15) is 59.3 Å². The first-order valence-corrected chi connectivity index (χ1v) is 5.28. The van der Waals surface area contributed by atoms with Crippen molar-refractivity contribution >= 4 is 5.71 Å². The molecule has 0 aromatic rings. The number of hydrogen-bond donors (Lipinski definition) is 0. The fraction of sp³-hybridized carbons (Fsp3) is 0.909. The van der Waals surface area contributed by atoms with Crippen LogP contribution < -0.4 is 0 Å². The molecule has 1 fully saturated rings. The molecule has 0 aliphatic heterocycles. The van der Waals surface area contributed by atoms with Gasteiger partial charge in [-0.2, -0.15) is 0 Å². The molecular weight excluding hydrogens is 146 g/mol. The lowest BCUT2D eigenvalue weighted by molar-refractivity contribution is 0.440. The van der Waals surface area contributed by atoms with E-state index in [0.717, 1.165) is 0 Å². The van der Waals surface area contributed by atoms with E-state index in [1.54, 1.807) is 0 Å². The van der Waals surface area contributed by atoms with Crippen molar-refractivity contribution in [2.75, 3.05) is 0 Å². The molecule has 12 heavy (non-hydrogen) atoms. The minimum atomic E-state index is 0.236. The van der Waals surface area contributed by atoms with Gasteiger partial charge < -0.3 is 0 Å². The molecule has 0 bridgehead atoms. The topological polar surface area (TPSA) is 12.4 Å². The second-order valence-corrected chi connectivity index (χ2v) is 4.09. The lowest BCUT2D eigenvalue weighted by Crippen LogP contribution is -2.20. The first-order valence-electron chi connectivity index (χ1n) is 5.28. The summed E-state index contributed by atoms with van der Waals surface area (Å²) in [6, 6.07) is 0. The second-order valence-electron chi connectivity index (χ2n) is 4.09. The van der Waals surface area contributed by atoms with Gasteiger partial charge in [-0.05, 0) is 45.4 Å². The Kier molecular flexibility index (Phi) is 3.30. The Labute approximate surface area is 76.3 Å². The summed E-state index contributed by atoms with van der Waals surface area (Å²) in [5.74, 6) is 0. The largest absolute Gasteiger partial charge is 0.288 e. The smallest absolute Gasteiger partial charge is 0.0574 e. The van der Waals surface area contributed by atoms with E-state index in [1.807, 2.05) is 0 Å². The quantitative estimate of drug-likeness (QED) is 0.609. The van der Waals surface area contributed by atoms with Crippen LogP contribution in [-0.2, 0) is 0 Å². The van der Waals surface area contributed by atoms with Crippen LogP contribution in [0.4, 0.5) is 0 Å². The average Bonchev–Trinajstić information content (AvgIpc) is 2.57. The summed E-state index contributed by atoms with van der Waals surface area (Å²) in [5, 5.41) is 0. The predicted octanol–water partition coefficient (Wildman–Crippen LogP) is 3.58. The van der Waals surface area contributed by atoms with Gasteiger partial charge in [-0.3, -0.25) is 4.99 Å². The molecule has 0 spiro atoms. The van der Waals surface area contributed by atoms with Crippen LogP contribution in [0.25, 0.3) is 0 Å². The molecular formula is C11H21N. The highest BCUT2D eigenvalue weighted by atomic mass is 14.9. The van der Waals surface area contributed by atoms with Crippen LogP contribution in [0.2, 0.25) is 0 Å². The van der Waals surface area contributed by atoms with Gasteiger partial charge in [0.05, 0.1) is 5.54 Å². The van der Waals surface area contributed by atoms with Crippen molar-refractivity contribution < 1.29 is 0 Å². The molecule has 0 unspecified atom stereocenters. The number of hydrogen-bond acceptors (Lipinski definition) is 1. The van der Waals surface area contributed by atoms with E-state index in [0.29, 0.717) is 0 Å². The standard InChI is InChI=1S/C11H21N/c1-4-11(3,5-2)12-10-8-6-7-9-10/h4-9H2,1-3H3. The number of aliphatic imine (C=N–C) groups is 1. The first-order chi connectivity index (χ1) is 5.70. The molecule has 1 nitrogen and oxygen atoms in total. The zero-order valence-corrected chi connectivity index (χ0v) is 8.69. The maximum absolute atomic E-state index is 4.86. The minimum absolute atomic E-state index is 0.236. The number of nitrogens with zero attached hydrogens (tertiary/aromatic N) is 1. The molecule has 0 N–H and O–H groups in total. The average molecular weight is 167 g/mol. The van der Waals surface area contributed by atoms with Gasteiger partial charge in [-0.25, -0.2) is 0 Å². The molecule has 1 saturated carbocycles. The zero-order chi connectivity index (χ0) is 9.03. The fourth-order valence-electron chi connectivity index (χ4n) is 1.68. The van der Waals surface area contributed by atoms with Crippen LogP contribution in [0.15, 0.2) is 4.99 Å². The molecule has 0 amide bonds. The van der Waals surface area contributed by atoms with Gasteiger partial charge in [-0.15, -0.1) is 0 Å². The van der Waals surface area contributed by atoms with Crippen LogP contribution in [0.5, 0.6) is 0 Å². The van der Waals surface area contributed by atoms with Gasteiger partial charge in [0.2, 0.25) is 0 Å². The van der Waals surface area contributed by atoms with E-state index in [2.05, 4.69) is 20.8 Å². The lowest BCUT2D eigenvalue weighted by Gasteiger charge is -2.22. The van der Waals surface area contributed by atoms with Crippen molar-refractivity contribution in [3.05, 3.63) is 0 Å². The van der Waals surface area contributed by atoms with Gasteiger partial charge in [0.25, 0.3) is 0 Å². The van der Waals surface area contributed by atoms with Crippen molar-refractivity contribution in [2.45, 2.75) is 64.8 Å². The Bertz CT molecular complexity index is 158. The summed E-state index contributed by atoms with van der Waals surface area (Å²) in [6.45, 7) is 6.75. The monoisotopic (exact) mass is 167 g/mol. The molecule has 0 aromatic carbocycles. The van der Waals surface area contributed by atoms with E-state index in [4.69, 9.17) is 4.99 Å². The third-order valence-electron chi connectivity index (χ3n) is 3.13. The lowest BCUT2D eigenvalue weighted by atomic mass is 9.96. The van der Waals surface area contributed by atoms with Crippen molar-refractivity contribution in [2.24, 2.45) is 4.99 Å². The maximum atomic E-state index is 4.86. The van der Waals surface area contributed by atoms with Crippen molar-refractivity contribution in [3.8, 4) is 0 Å². The van der Waals surface area contributed by atoms with Crippen LogP contribution in [0, 0.1) is 0 Å². The van der Waals surface area contributed by atoms with Gasteiger partial charge >= 0.3 is 0 Å². The van der Waals surface area contributed by atoms with Crippen molar-refractivity contribution in [3.63, 3.8) is 0 Å². The van der Waals surface area contributed by atoms with Crippen LogP contribution in [0.3, 0.4) is 0 Å². The first kappa shape index (κ1) is 9.76. The van der Waals surface area contributed by atoms with Crippen LogP contribution in [-0.4, -0.2) is 11.3 Å². The van der Waals surface area contributed by atoms with Gasteiger partial charge in [0.1, 0.15) is 0 Å². The molecule has 0 radical (unpaired) electrons. The molecule has 0 heterocycles. The summed E-state index contributed by atoms with van der Waals surface area (Å²) < 4.78 is 0. The summed E-state index contributed by atoms with van der Waals surface area (Å²) in [5.41, 5.74) is 1.71. The van der Waals surface area contributed by atoms with E-state index in [1.165, 1.54) is 44.2 Å². The van der Waals surface area contributed by atoms with E-state index in [9.17, 15) is 0 Å². The summed E-state index contributed by atoms with van der Waals surface area (Å²) >= 11 is 0. The summed E-state index contributed by atoms with van der Waals surface area (Å²) in [6.07, 6.45) is 7.59. The van der Waals surface area contributed by atoms with Crippen molar-refractivity contribution in [1.82, 2.24) is 0 Å². The van der Waals surface area contributed by atoms with Gasteiger partial charge in [0, 0.05) is 5.71 Å². The zero-order valence-electron chi connectivity index (χ0n) is 8.69. The predicted molar refractivity (Wildman–Crippen MR) is 54.9 cm³/mol. The Morgan fingerprint density at radius 3 is 2.08 bits per heavy atom. The summed E-state index contributed by atoms with van der Waals surface area (Å²) in [7, 11) is 0. The molecule has 1 aliphatic rings. The van der Waals surface area contributed by atoms with E-state index >= 15 is 0 Å². The highest BCUT2D eigenvalue weighted by Crippen LogP contribution is 2.24. The van der Waals surface area contributed by atoms with E-state index < -0.39 is 0 Å². The highest BCUT2D eigenvalue weighted by Gasteiger charge is 2.20. The van der Waals surface area contributed by atoms with Crippen LogP contribution >= 0.6 is 0 Å². The highest BCUT2D eigenvalue weighted by molar-refractivity contribution is 5.86. The maximum Gasteiger partial charge on any atom is 0.0574 e. The molecule has 0 atom stereocenters. The third-order valence-corrected chi connectivity index (χ3v) is 3.13. The Morgan fingerprint density at radius 1 is 1.17 bits per heavy atom. The molecule has 1 rings (SSSR count). The Balaban J connectivity index is 2.61. The normalized spacial score (nSPS) is 18.4. The minimum Gasteiger partial charge on any atom is -0.288 e. The Morgan fingerprint density at radius 2 is 1.67 bits per heavy atom. The summed E-state index contributed by atoms with van der Waals surface area (Å²) in [4.78, 5) is 4.86. The molecule has 0 saturated heterocycles. The van der Waals surface area contributed by atoms with Gasteiger partial charge in [0.15, 0.2) is 0 Å². The molecule has 1 heteroatoms. The Hall–Kier alpha value is -0.330. The second kappa shape index (κ2) is 4.06. The fourth-order valence-corrected chi connectivity index (χ4v) is 1.68. The number of rotatable bonds is 3. The van der Waals surface area contributed by atoms with Gasteiger partial charge in [-0.1, -0.05) is 13.8 Å². The molecule has 0 aromatic heterocycles.